The van der Waals surface area contributed by atoms with Gasteiger partial charge in [-0.15, -0.1) is 0 Å². The highest BCUT2D eigenvalue weighted by Crippen LogP contribution is 2.20. The topological polar surface area (TPSA) is 58.1 Å². The fraction of sp³-hybridized carbons (Fsp3) is 0.435. The average molecular weight is 399 g/mol. The number of benzene rings is 2. The number of hydrogen-bond acceptors (Lipinski definition) is 4. The van der Waals surface area contributed by atoms with Gasteiger partial charge in [-0.1, -0.05) is 42.5 Å². The van der Waals surface area contributed by atoms with Gasteiger partial charge in [-0.3, -0.25) is 4.99 Å². The van der Waals surface area contributed by atoms with Gasteiger partial charge >= 0.3 is 0 Å². The lowest BCUT2D eigenvalue weighted by atomic mass is 10.1. The number of hydrogen-bond donors (Lipinski definition) is 2. The lowest BCUT2D eigenvalue weighted by Crippen LogP contribution is -2.40. The van der Waals surface area contributed by atoms with Gasteiger partial charge in [-0.25, -0.2) is 0 Å². The molecule has 6 heteroatoms. The van der Waals surface area contributed by atoms with Gasteiger partial charge in [0.25, 0.3) is 0 Å². The van der Waals surface area contributed by atoms with E-state index in [0.29, 0.717) is 19.8 Å². The van der Waals surface area contributed by atoms with Gasteiger partial charge in [-0.2, -0.15) is 0 Å². The van der Waals surface area contributed by atoms with Crippen molar-refractivity contribution < 1.29 is 9.47 Å². The molecule has 2 aromatic rings. The molecular weight excluding hydrogens is 364 g/mol. The van der Waals surface area contributed by atoms with E-state index < -0.39 is 0 Å². The summed E-state index contributed by atoms with van der Waals surface area (Å²) < 4.78 is 10.9. The molecule has 2 rings (SSSR count). The number of nitrogens with one attached hydrogen (secondary N) is 2. The second-order valence-corrected chi connectivity index (χ2v) is 7.03. The number of ether oxygens (including phenoxy) is 2. The molecule has 0 amide bonds. The third-order valence-electron chi connectivity index (χ3n) is 4.52. The van der Waals surface area contributed by atoms with Crippen LogP contribution < -0.4 is 15.4 Å². The Kier molecular flexibility index (Phi) is 10.0. The monoisotopic (exact) mass is 398 g/mol. The molecule has 0 atom stereocenters. The highest BCUT2D eigenvalue weighted by molar-refractivity contribution is 5.79. The zero-order valence-corrected chi connectivity index (χ0v) is 18.1. The summed E-state index contributed by atoms with van der Waals surface area (Å²) in [6.07, 6.45) is 0. The molecule has 0 unspecified atom stereocenters. The standard InChI is InChI=1S/C23H34N4O2/c1-19-10-11-21(22(16-19)29-15-14-28-4)17-26-23(24-2)25-12-13-27(3)18-20-8-6-5-7-9-20/h5-11,16H,12-15,17-18H2,1-4H3,(H2,24,25,26). The molecule has 2 N–H and O–H groups in total. The Morgan fingerprint density at radius 1 is 1.07 bits per heavy atom. The van der Waals surface area contributed by atoms with Gasteiger partial charge in [0, 0.05) is 45.9 Å². The fourth-order valence-corrected chi connectivity index (χ4v) is 2.92. The molecule has 0 aliphatic heterocycles. The van der Waals surface area contributed by atoms with Gasteiger partial charge in [0.15, 0.2) is 5.96 Å². The first-order valence-corrected chi connectivity index (χ1v) is 10.0. The third kappa shape index (κ3) is 8.54. The SMILES string of the molecule is CN=C(NCCN(C)Cc1ccccc1)NCc1ccc(C)cc1OCCOC. The number of likely N-dealkylation sites (N-methyl/N-ethyl adjacent to an activating group) is 1. The summed E-state index contributed by atoms with van der Waals surface area (Å²) in [6.45, 7) is 6.48. The molecule has 158 valence electrons. The van der Waals surface area contributed by atoms with Crippen LogP contribution >= 0.6 is 0 Å². The normalized spacial score (nSPS) is 11.6. The molecule has 0 aliphatic rings. The number of methoxy groups -OCH3 is 1. The molecule has 0 radical (unpaired) electrons. The van der Waals surface area contributed by atoms with Crippen LogP contribution in [0.1, 0.15) is 16.7 Å². The summed E-state index contributed by atoms with van der Waals surface area (Å²) in [5, 5.41) is 6.74. The van der Waals surface area contributed by atoms with Crippen molar-refractivity contribution in [3.63, 3.8) is 0 Å². The van der Waals surface area contributed by atoms with Crippen molar-refractivity contribution in [1.82, 2.24) is 15.5 Å². The lowest BCUT2D eigenvalue weighted by Gasteiger charge is -2.19. The maximum Gasteiger partial charge on any atom is 0.191 e. The van der Waals surface area contributed by atoms with Gasteiger partial charge in [-0.05, 0) is 31.2 Å². The molecule has 6 nitrogen and oxygen atoms in total. The van der Waals surface area contributed by atoms with E-state index in [1.54, 1.807) is 14.2 Å². The number of rotatable bonds is 11. The van der Waals surface area contributed by atoms with E-state index in [0.717, 1.165) is 36.9 Å². The van der Waals surface area contributed by atoms with Gasteiger partial charge in [0.2, 0.25) is 0 Å². The third-order valence-corrected chi connectivity index (χ3v) is 4.52. The first-order valence-electron chi connectivity index (χ1n) is 10.0. The molecule has 0 saturated carbocycles. The number of aliphatic imine (C=N–C) groups is 1. The summed E-state index contributed by atoms with van der Waals surface area (Å²) >= 11 is 0. The van der Waals surface area contributed by atoms with E-state index in [9.17, 15) is 0 Å². The second kappa shape index (κ2) is 12.8. The van der Waals surface area contributed by atoms with Crippen LogP contribution in [0.4, 0.5) is 0 Å². The zero-order chi connectivity index (χ0) is 20.9. The van der Waals surface area contributed by atoms with E-state index in [1.165, 1.54) is 11.1 Å². The van der Waals surface area contributed by atoms with Crippen molar-refractivity contribution in [1.29, 1.82) is 0 Å². The average Bonchev–Trinajstić information content (AvgIpc) is 2.72. The first-order chi connectivity index (χ1) is 14.1. The summed E-state index contributed by atoms with van der Waals surface area (Å²) in [4.78, 5) is 6.61. The highest BCUT2D eigenvalue weighted by Gasteiger charge is 2.06. The van der Waals surface area contributed by atoms with Crippen LogP contribution in [-0.2, 0) is 17.8 Å². The summed E-state index contributed by atoms with van der Waals surface area (Å²) in [6, 6.07) is 16.7. The molecule has 0 fully saturated rings. The quantitative estimate of drug-likeness (QED) is 0.346. The molecule has 0 aromatic heterocycles. The maximum absolute atomic E-state index is 5.86. The van der Waals surface area contributed by atoms with Gasteiger partial charge < -0.3 is 25.0 Å². The number of nitrogens with zero attached hydrogens (tertiary/aromatic N) is 2. The van der Waals surface area contributed by atoms with Crippen LogP contribution in [0.15, 0.2) is 53.5 Å². The largest absolute Gasteiger partial charge is 0.491 e. The number of aryl methyl sites for hydroxylation is 1. The second-order valence-electron chi connectivity index (χ2n) is 7.03. The van der Waals surface area contributed by atoms with Crippen LogP contribution in [0.25, 0.3) is 0 Å². The highest BCUT2D eigenvalue weighted by atomic mass is 16.5. The van der Waals surface area contributed by atoms with Crippen LogP contribution in [0.2, 0.25) is 0 Å². The first kappa shape index (κ1) is 22.7. The van der Waals surface area contributed by atoms with Crippen molar-refractivity contribution >= 4 is 5.96 Å². The predicted molar refractivity (Wildman–Crippen MR) is 120 cm³/mol. The van der Waals surface area contributed by atoms with Crippen molar-refractivity contribution in [2.24, 2.45) is 4.99 Å². The Morgan fingerprint density at radius 3 is 2.59 bits per heavy atom. The minimum absolute atomic E-state index is 0.535. The molecule has 0 heterocycles. The Morgan fingerprint density at radius 2 is 1.86 bits per heavy atom. The summed E-state index contributed by atoms with van der Waals surface area (Å²) in [5.41, 5.74) is 3.58. The van der Waals surface area contributed by atoms with Crippen molar-refractivity contribution in [2.75, 3.05) is 47.5 Å². The van der Waals surface area contributed by atoms with E-state index in [1.807, 2.05) is 6.07 Å². The Hall–Kier alpha value is -2.57. The fourth-order valence-electron chi connectivity index (χ4n) is 2.92. The molecule has 0 saturated heterocycles. The van der Waals surface area contributed by atoms with Crippen molar-refractivity contribution in [3.05, 3.63) is 65.2 Å². The van der Waals surface area contributed by atoms with Gasteiger partial charge in [0.1, 0.15) is 12.4 Å². The van der Waals surface area contributed by atoms with Crippen LogP contribution in [0.5, 0.6) is 5.75 Å². The van der Waals surface area contributed by atoms with E-state index in [-0.39, 0.29) is 0 Å². The Labute approximate surface area is 174 Å². The molecule has 0 bridgehead atoms. The van der Waals surface area contributed by atoms with E-state index in [4.69, 9.17) is 9.47 Å². The summed E-state index contributed by atoms with van der Waals surface area (Å²) in [7, 11) is 5.59. The molecular formula is C23H34N4O2. The minimum Gasteiger partial charge on any atom is -0.491 e. The Bertz CT molecular complexity index is 750. The molecule has 2 aromatic carbocycles. The zero-order valence-electron chi connectivity index (χ0n) is 18.1. The van der Waals surface area contributed by atoms with Crippen LogP contribution in [0.3, 0.4) is 0 Å². The molecule has 29 heavy (non-hydrogen) atoms. The lowest BCUT2D eigenvalue weighted by molar-refractivity contribution is 0.145. The molecule has 0 spiro atoms. The molecule has 0 aliphatic carbocycles. The maximum atomic E-state index is 5.86. The summed E-state index contributed by atoms with van der Waals surface area (Å²) in [5.74, 6) is 1.66. The van der Waals surface area contributed by atoms with Gasteiger partial charge in [0.05, 0.1) is 6.61 Å². The van der Waals surface area contributed by atoms with Crippen LogP contribution in [0, 0.1) is 6.92 Å². The van der Waals surface area contributed by atoms with Crippen LogP contribution in [-0.4, -0.2) is 58.4 Å². The minimum atomic E-state index is 0.535. The van der Waals surface area contributed by atoms with E-state index in [2.05, 4.69) is 77.0 Å². The smallest absolute Gasteiger partial charge is 0.191 e. The van der Waals surface area contributed by atoms with Crippen molar-refractivity contribution in [2.45, 2.75) is 20.0 Å². The van der Waals surface area contributed by atoms with E-state index >= 15 is 0 Å². The predicted octanol–water partition coefficient (Wildman–Crippen LogP) is 2.82. The van der Waals surface area contributed by atoms with Crippen molar-refractivity contribution in [3.8, 4) is 5.75 Å². The number of guanidine groups is 1. The Balaban J connectivity index is 1.78.